The summed E-state index contributed by atoms with van der Waals surface area (Å²) in [5.41, 5.74) is 3.92. The molecule has 0 N–H and O–H groups in total. The Morgan fingerprint density at radius 2 is 1.47 bits per heavy atom. The van der Waals surface area contributed by atoms with Crippen molar-refractivity contribution in [1.82, 2.24) is 0 Å². The Labute approximate surface area is 116 Å². The molecule has 0 bridgehead atoms. The molecule has 0 aliphatic heterocycles. The van der Waals surface area contributed by atoms with Gasteiger partial charge in [-0.25, -0.2) is 0 Å². The molecule has 0 unspecified atom stereocenters. The van der Waals surface area contributed by atoms with Gasteiger partial charge in [-0.05, 0) is 48.6 Å². The summed E-state index contributed by atoms with van der Waals surface area (Å²) in [6, 6.07) is 14.6. The van der Waals surface area contributed by atoms with Crippen molar-refractivity contribution < 1.29 is 4.74 Å². The van der Waals surface area contributed by atoms with Crippen molar-refractivity contribution in [3.05, 3.63) is 59.2 Å². The van der Waals surface area contributed by atoms with E-state index in [0.29, 0.717) is 0 Å². The molecule has 1 heteroatoms. The van der Waals surface area contributed by atoms with Crippen molar-refractivity contribution in [2.45, 2.75) is 40.0 Å². The van der Waals surface area contributed by atoms with Crippen LogP contribution in [0.15, 0.2) is 42.5 Å². The molecule has 2 aromatic carbocycles. The third-order valence-electron chi connectivity index (χ3n) is 3.28. The molecule has 0 atom stereocenters. The fourth-order valence-corrected chi connectivity index (χ4v) is 2.06. The summed E-state index contributed by atoms with van der Waals surface area (Å²) >= 11 is 0. The zero-order chi connectivity index (χ0) is 14.0. The molecule has 2 rings (SSSR count). The van der Waals surface area contributed by atoms with Crippen molar-refractivity contribution in [1.29, 1.82) is 0 Å². The minimum atomic E-state index is 0.179. The van der Waals surface area contributed by atoms with Gasteiger partial charge in [0, 0.05) is 0 Å². The number of hydrogen-bond donors (Lipinski definition) is 0. The minimum absolute atomic E-state index is 0.179. The number of ether oxygens (including phenoxy) is 1. The fraction of sp³-hybridized carbons (Fsp3) is 0.333. The highest BCUT2D eigenvalue weighted by Gasteiger charge is 2.13. The summed E-state index contributed by atoms with van der Waals surface area (Å²) in [4.78, 5) is 0. The van der Waals surface area contributed by atoms with Gasteiger partial charge in [0.1, 0.15) is 11.5 Å². The molecule has 0 saturated carbocycles. The molecule has 100 valence electrons. The van der Waals surface area contributed by atoms with E-state index in [0.717, 1.165) is 11.5 Å². The van der Waals surface area contributed by atoms with E-state index in [-0.39, 0.29) is 5.41 Å². The molecular weight excluding hydrogens is 232 g/mol. The SMILES string of the molecule is Cc1ccc(Oc2ccc(C(C)(C)C)cc2)c(C)c1. The normalized spacial score (nSPS) is 11.4. The quantitative estimate of drug-likeness (QED) is 0.697. The molecule has 0 amide bonds. The van der Waals surface area contributed by atoms with Crippen LogP contribution in [-0.4, -0.2) is 0 Å². The molecule has 19 heavy (non-hydrogen) atoms. The van der Waals surface area contributed by atoms with Gasteiger partial charge < -0.3 is 4.74 Å². The second-order valence-corrected chi connectivity index (χ2v) is 6.15. The Morgan fingerprint density at radius 1 is 0.842 bits per heavy atom. The summed E-state index contributed by atoms with van der Waals surface area (Å²) in [5.74, 6) is 1.81. The maximum absolute atomic E-state index is 5.93. The third-order valence-corrected chi connectivity index (χ3v) is 3.28. The van der Waals surface area contributed by atoms with Gasteiger partial charge in [-0.2, -0.15) is 0 Å². The summed E-state index contributed by atoms with van der Waals surface area (Å²) in [7, 11) is 0. The number of aryl methyl sites for hydroxylation is 2. The van der Waals surface area contributed by atoms with Gasteiger partial charge in [0.05, 0.1) is 0 Å². The first kappa shape index (κ1) is 13.7. The van der Waals surface area contributed by atoms with Gasteiger partial charge >= 0.3 is 0 Å². The highest BCUT2D eigenvalue weighted by atomic mass is 16.5. The number of rotatable bonds is 2. The van der Waals surface area contributed by atoms with E-state index in [4.69, 9.17) is 4.74 Å². The lowest BCUT2D eigenvalue weighted by atomic mass is 9.87. The highest BCUT2D eigenvalue weighted by molar-refractivity contribution is 5.40. The summed E-state index contributed by atoms with van der Waals surface area (Å²) in [6.07, 6.45) is 0. The Balaban J connectivity index is 2.20. The predicted molar refractivity (Wildman–Crippen MR) is 81.1 cm³/mol. The lowest BCUT2D eigenvalue weighted by Crippen LogP contribution is -2.10. The maximum Gasteiger partial charge on any atom is 0.130 e. The maximum atomic E-state index is 5.93. The Kier molecular flexibility index (Phi) is 3.66. The van der Waals surface area contributed by atoms with Crippen molar-refractivity contribution >= 4 is 0 Å². The van der Waals surface area contributed by atoms with Gasteiger partial charge in [0.15, 0.2) is 0 Å². The van der Waals surface area contributed by atoms with Crippen LogP contribution < -0.4 is 4.74 Å². The molecule has 0 aliphatic rings. The van der Waals surface area contributed by atoms with Crippen LogP contribution in [-0.2, 0) is 5.41 Å². The van der Waals surface area contributed by atoms with E-state index in [2.05, 4.69) is 58.9 Å². The van der Waals surface area contributed by atoms with E-state index >= 15 is 0 Å². The number of hydrogen-bond acceptors (Lipinski definition) is 1. The molecule has 1 nitrogen and oxygen atoms in total. The summed E-state index contributed by atoms with van der Waals surface area (Å²) in [5, 5.41) is 0. The lowest BCUT2D eigenvalue weighted by Gasteiger charge is -2.19. The first-order valence-electron chi connectivity index (χ1n) is 6.72. The van der Waals surface area contributed by atoms with Gasteiger partial charge in [-0.1, -0.05) is 50.6 Å². The van der Waals surface area contributed by atoms with E-state index in [1.165, 1.54) is 16.7 Å². The van der Waals surface area contributed by atoms with Crippen LogP contribution >= 0.6 is 0 Å². The standard InChI is InChI=1S/C18H22O/c1-13-6-11-17(14(2)12-13)19-16-9-7-15(8-10-16)18(3,4)5/h6-12H,1-5H3. The van der Waals surface area contributed by atoms with Crippen molar-refractivity contribution in [2.24, 2.45) is 0 Å². The Morgan fingerprint density at radius 3 is 2.00 bits per heavy atom. The second kappa shape index (κ2) is 5.08. The lowest BCUT2D eigenvalue weighted by molar-refractivity contribution is 0.477. The largest absolute Gasteiger partial charge is 0.457 e. The number of benzene rings is 2. The molecule has 0 radical (unpaired) electrons. The van der Waals surface area contributed by atoms with Crippen LogP contribution in [0.2, 0.25) is 0 Å². The fourth-order valence-electron chi connectivity index (χ4n) is 2.06. The monoisotopic (exact) mass is 254 g/mol. The molecule has 0 fully saturated rings. The third kappa shape index (κ3) is 3.37. The molecular formula is C18H22O. The summed E-state index contributed by atoms with van der Waals surface area (Å²) in [6.45, 7) is 10.8. The van der Waals surface area contributed by atoms with E-state index in [1.54, 1.807) is 0 Å². The molecule has 0 spiro atoms. The van der Waals surface area contributed by atoms with Crippen LogP contribution in [0.5, 0.6) is 11.5 Å². The molecule has 0 aromatic heterocycles. The van der Waals surface area contributed by atoms with E-state index in [1.807, 2.05) is 18.2 Å². The highest BCUT2D eigenvalue weighted by Crippen LogP contribution is 2.28. The molecule has 2 aromatic rings. The minimum Gasteiger partial charge on any atom is -0.457 e. The van der Waals surface area contributed by atoms with Gasteiger partial charge in [-0.3, -0.25) is 0 Å². The molecule has 0 saturated heterocycles. The van der Waals surface area contributed by atoms with Crippen LogP contribution in [0.25, 0.3) is 0 Å². The van der Waals surface area contributed by atoms with Gasteiger partial charge in [0.25, 0.3) is 0 Å². The average molecular weight is 254 g/mol. The van der Waals surface area contributed by atoms with Crippen LogP contribution in [0.3, 0.4) is 0 Å². The smallest absolute Gasteiger partial charge is 0.130 e. The topological polar surface area (TPSA) is 9.23 Å². The molecule has 0 heterocycles. The van der Waals surface area contributed by atoms with Crippen molar-refractivity contribution in [3.8, 4) is 11.5 Å². The van der Waals surface area contributed by atoms with Gasteiger partial charge in [0.2, 0.25) is 0 Å². The van der Waals surface area contributed by atoms with Crippen LogP contribution in [0.4, 0.5) is 0 Å². The summed E-state index contributed by atoms with van der Waals surface area (Å²) < 4.78 is 5.93. The van der Waals surface area contributed by atoms with Crippen LogP contribution in [0.1, 0.15) is 37.5 Å². The van der Waals surface area contributed by atoms with E-state index in [9.17, 15) is 0 Å². The molecule has 0 aliphatic carbocycles. The first-order valence-corrected chi connectivity index (χ1v) is 6.72. The average Bonchev–Trinajstić information content (AvgIpc) is 2.32. The zero-order valence-corrected chi connectivity index (χ0v) is 12.4. The Hall–Kier alpha value is -1.76. The first-order chi connectivity index (χ1) is 8.86. The van der Waals surface area contributed by atoms with Crippen LogP contribution in [0, 0.1) is 13.8 Å². The Bertz CT molecular complexity index is 559. The zero-order valence-electron chi connectivity index (χ0n) is 12.4. The predicted octanol–water partition coefficient (Wildman–Crippen LogP) is 5.39. The van der Waals surface area contributed by atoms with Gasteiger partial charge in [-0.15, -0.1) is 0 Å². The van der Waals surface area contributed by atoms with Crippen molar-refractivity contribution in [3.63, 3.8) is 0 Å². The second-order valence-electron chi connectivity index (χ2n) is 6.15. The van der Waals surface area contributed by atoms with E-state index < -0.39 is 0 Å². The van der Waals surface area contributed by atoms with Crippen molar-refractivity contribution in [2.75, 3.05) is 0 Å².